The SMILES string of the molecule is CNc1ccc(-c2nc3ccc(CO)cc3s2)cc1.COc1ccc2nc(-c3ccc(N(C)[11CH3])cc3)sc2c1. The van der Waals surface area contributed by atoms with Crippen LogP contribution in [0.3, 0.4) is 0 Å². The number of aliphatic hydroxyl groups excluding tert-OH is 1. The highest BCUT2D eigenvalue weighted by Gasteiger charge is 2.08. The Labute approximate surface area is 236 Å². The maximum absolute atomic E-state index is 9.16. The molecular weight excluding hydrogens is 524 g/mol. The lowest BCUT2D eigenvalue weighted by atomic mass is 10.2. The number of anilines is 2. The summed E-state index contributed by atoms with van der Waals surface area (Å²) < 4.78 is 7.51. The number of thiazole rings is 2. The summed E-state index contributed by atoms with van der Waals surface area (Å²) in [4.78, 5) is 11.4. The molecule has 0 aliphatic heterocycles. The quantitative estimate of drug-likeness (QED) is 0.222. The van der Waals surface area contributed by atoms with Gasteiger partial charge >= 0.3 is 0 Å². The Balaban J connectivity index is 0.000000158. The number of ether oxygens (including phenoxy) is 1. The van der Waals surface area contributed by atoms with Gasteiger partial charge in [0.25, 0.3) is 0 Å². The second kappa shape index (κ2) is 11.8. The van der Waals surface area contributed by atoms with Crippen molar-refractivity contribution in [3.8, 4) is 26.9 Å². The first kappa shape index (κ1) is 26.6. The minimum Gasteiger partial charge on any atom is -0.497 e. The summed E-state index contributed by atoms with van der Waals surface area (Å²) in [5.74, 6) is 0.871. The van der Waals surface area contributed by atoms with Gasteiger partial charge in [0, 0.05) is 43.6 Å². The molecule has 6 aromatic rings. The summed E-state index contributed by atoms with van der Waals surface area (Å²) in [5.41, 5.74) is 7.47. The molecule has 0 atom stereocenters. The fraction of sp³-hybridized carbons (Fsp3) is 0.161. The first-order valence-corrected chi connectivity index (χ1v) is 14.1. The highest BCUT2D eigenvalue weighted by atomic mass is 32.1. The Morgan fingerprint density at radius 2 is 1.33 bits per heavy atom. The monoisotopic (exact) mass is 553 g/mol. The lowest BCUT2D eigenvalue weighted by molar-refractivity contribution is 0.282. The van der Waals surface area contributed by atoms with E-state index >= 15 is 0 Å². The summed E-state index contributed by atoms with van der Waals surface area (Å²) in [6.45, 7) is 0.0695. The Bertz CT molecular complexity index is 1690. The number of benzene rings is 4. The van der Waals surface area contributed by atoms with E-state index in [1.807, 2.05) is 69.7 Å². The van der Waals surface area contributed by atoms with Gasteiger partial charge in [0.05, 0.1) is 34.1 Å². The number of methoxy groups -OCH3 is 1. The minimum absolute atomic E-state index is 0.0695. The first-order valence-electron chi connectivity index (χ1n) is 12.5. The predicted octanol–water partition coefficient (Wildman–Crippen LogP) is 7.54. The highest BCUT2D eigenvalue weighted by Crippen LogP contribution is 2.33. The number of rotatable bonds is 6. The van der Waals surface area contributed by atoms with Gasteiger partial charge in [-0.3, -0.25) is 0 Å². The van der Waals surface area contributed by atoms with E-state index in [1.54, 1.807) is 29.8 Å². The summed E-state index contributed by atoms with van der Waals surface area (Å²) in [6.07, 6.45) is 0. The fourth-order valence-electron chi connectivity index (χ4n) is 4.03. The van der Waals surface area contributed by atoms with Crippen LogP contribution in [0.5, 0.6) is 5.75 Å². The molecule has 0 spiro atoms. The van der Waals surface area contributed by atoms with Crippen LogP contribution in [0.2, 0.25) is 0 Å². The van der Waals surface area contributed by atoms with Crippen LogP contribution in [0.4, 0.5) is 11.4 Å². The van der Waals surface area contributed by atoms with Gasteiger partial charge in [-0.05, 0) is 84.4 Å². The molecule has 8 heteroatoms. The van der Waals surface area contributed by atoms with E-state index in [9.17, 15) is 0 Å². The maximum Gasteiger partial charge on any atom is 0.124 e. The maximum atomic E-state index is 9.16. The third-order valence-corrected chi connectivity index (χ3v) is 8.42. The van der Waals surface area contributed by atoms with Gasteiger partial charge in [0.15, 0.2) is 0 Å². The fourth-order valence-corrected chi connectivity index (χ4v) is 6.06. The second-order valence-electron chi connectivity index (χ2n) is 9.10. The molecule has 6 rings (SSSR count). The molecule has 0 aliphatic carbocycles. The van der Waals surface area contributed by atoms with Crippen molar-refractivity contribution in [2.24, 2.45) is 0 Å². The summed E-state index contributed by atoms with van der Waals surface area (Å²) in [5, 5.41) is 14.3. The van der Waals surface area contributed by atoms with Crippen molar-refractivity contribution >= 4 is 54.5 Å². The number of fused-ring (bicyclic) bond motifs is 2. The molecule has 6 nitrogen and oxygen atoms in total. The smallest absolute Gasteiger partial charge is 0.124 e. The molecule has 39 heavy (non-hydrogen) atoms. The van der Waals surface area contributed by atoms with E-state index in [1.165, 1.54) is 5.69 Å². The van der Waals surface area contributed by atoms with Gasteiger partial charge in [0.2, 0.25) is 0 Å². The molecule has 0 fully saturated rings. The number of hydrogen-bond acceptors (Lipinski definition) is 8. The molecule has 198 valence electrons. The van der Waals surface area contributed by atoms with Gasteiger partial charge in [-0.2, -0.15) is 0 Å². The lowest BCUT2D eigenvalue weighted by Gasteiger charge is -2.11. The molecule has 0 saturated carbocycles. The number of aliphatic hydroxyl groups is 1. The first-order chi connectivity index (χ1) is 19.0. The molecular formula is C31H30N4O2S2. The zero-order valence-corrected chi connectivity index (χ0v) is 23.9. The summed E-state index contributed by atoms with van der Waals surface area (Å²) in [6, 6.07) is 28.5. The topological polar surface area (TPSA) is 70.5 Å². The molecule has 4 aromatic carbocycles. The molecule has 2 heterocycles. The van der Waals surface area contributed by atoms with Crippen molar-refractivity contribution in [1.82, 2.24) is 9.97 Å². The highest BCUT2D eigenvalue weighted by molar-refractivity contribution is 7.22. The zero-order chi connectivity index (χ0) is 27.4. The van der Waals surface area contributed by atoms with E-state index in [0.29, 0.717) is 0 Å². The molecule has 0 unspecified atom stereocenters. The van der Waals surface area contributed by atoms with Crippen molar-refractivity contribution < 1.29 is 9.84 Å². The molecule has 0 amide bonds. The van der Waals surface area contributed by atoms with Crippen LogP contribution in [0, 0.1) is 0 Å². The number of aromatic nitrogens is 2. The van der Waals surface area contributed by atoms with E-state index in [0.717, 1.165) is 58.6 Å². The van der Waals surface area contributed by atoms with Gasteiger partial charge in [-0.15, -0.1) is 22.7 Å². The molecule has 0 bridgehead atoms. The number of hydrogen-bond donors (Lipinski definition) is 2. The van der Waals surface area contributed by atoms with Crippen molar-refractivity contribution in [1.29, 1.82) is 0 Å². The van der Waals surface area contributed by atoms with Crippen LogP contribution >= 0.6 is 22.7 Å². The van der Waals surface area contributed by atoms with Crippen LogP contribution in [-0.2, 0) is 6.61 Å². The van der Waals surface area contributed by atoms with Crippen LogP contribution in [0.25, 0.3) is 41.6 Å². The van der Waals surface area contributed by atoms with Crippen LogP contribution in [0.15, 0.2) is 84.9 Å². The van der Waals surface area contributed by atoms with Crippen LogP contribution in [0.1, 0.15) is 5.56 Å². The Kier molecular flexibility index (Phi) is 8.07. The molecule has 0 saturated heterocycles. The molecule has 2 aromatic heterocycles. The van der Waals surface area contributed by atoms with E-state index in [-0.39, 0.29) is 6.61 Å². The minimum atomic E-state index is 0.0695. The standard InChI is InChI=1S/C16H16N2OS.C15H14N2OS/c1-18(2)12-6-4-11(5-7-12)16-17-14-9-8-13(19-3)10-15(14)20-16;1-16-12-5-3-11(4-6-12)15-17-13-7-2-10(9-18)8-14(13)19-15/h4-10H,1-3H3;2-8,16,18H,9H2,1H3/i1-1;. The largest absolute Gasteiger partial charge is 0.497 e. The average Bonchev–Trinajstić information content (AvgIpc) is 3.61. The summed E-state index contributed by atoms with van der Waals surface area (Å²) >= 11 is 3.34. The normalized spacial score (nSPS) is 10.8. The van der Waals surface area contributed by atoms with Crippen molar-refractivity contribution in [3.05, 3.63) is 90.5 Å². The molecule has 0 aliphatic rings. The Hall–Kier alpha value is -3.98. The number of nitrogens with one attached hydrogen (secondary N) is 1. The van der Waals surface area contributed by atoms with Gasteiger partial charge in [0.1, 0.15) is 15.8 Å². The molecule has 0 radical (unpaired) electrons. The predicted molar refractivity (Wildman–Crippen MR) is 166 cm³/mol. The lowest BCUT2D eigenvalue weighted by Crippen LogP contribution is -2.07. The van der Waals surface area contributed by atoms with E-state index in [4.69, 9.17) is 9.84 Å². The van der Waals surface area contributed by atoms with Crippen LogP contribution in [-0.4, -0.2) is 43.3 Å². The van der Waals surface area contributed by atoms with Gasteiger partial charge in [-0.1, -0.05) is 6.07 Å². The van der Waals surface area contributed by atoms with E-state index in [2.05, 4.69) is 56.6 Å². The molecule has 2 N–H and O–H groups in total. The van der Waals surface area contributed by atoms with Crippen LogP contribution < -0.4 is 15.0 Å². The van der Waals surface area contributed by atoms with Crippen molar-refractivity contribution in [2.75, 3.05) is 38.5 Å². The van der Waals surface area contributed by atoms with Gasteiger partial charge < -0.3 is 20.1 Å². The van der Waals surface area contributed by atoms with Crippen molar-refractivity contribution in [3.63, 3.8) is 0 Å². The average molecular weight is 554 g/mol. The Morgan fingerprint density at radius 1 is 0.769 bits per heavy atom. The second-order valence-corrected chi connectivity index (χ2v) is 11.2. The van der Waals surface area contributed by atoms with E-state index < -0.39 is 0 Å². The Morgan fingerprint density at radius 3 is 1.87 bits per heavy atom. The zero-order valence-electron chi connectivity index (χ0n) is 22.3. The third kappa shape index (κ3) is 6.04. The summed E-state index contributed by atoms with van der Waals surface area (Å²) in [7, 11) is 7.67. The third-order valence-electron chi connectivity index (χ3n) is 6.28. The van der Waals surface area contributed by atoms with Gasteiger partial charge in [-0.25, -0.2) is 9.97 Å². The number of nitrogens with zero attached hydrogens (tertiary/aromatic N) is 3. The van der Waals surface area contributed by atoms with Crippen molar-refractivity contribution in [2.45, 2.75) is 6.61 Å².